The lowest BCUT2D eigenvalue weighted by molar-refractivity contribution is 0.770. The zero-order valence-electron chi connectivity index (χ0n) is 9.89. The molecule has 1 aromatic carbocycles. The first kappa shape index (κ1) is 12.4. The summed E-state index contributed by atoms with van der Waals surface area (Å²) in [5.74, 6) is 0.765. The zero-order valence-corrected chi connectivity index (χ0v) is 10.6. The molecule has 0 fully saturated rings. The van der Waals surface area contributed by atoms with Crippen LogP contribution in [-0.2, 0) is 0 Å². The van der Waals surface area contributed by atoms with E-state index in [1.165, 1.54) is 16.8 Å². The maximum absolute atomic E-state index is 5.66. The first-order valence-electron chi connectivity index (χ1n) is 5.49. The standard InChI is InChI=1S/C13H20ClN/c1-11-8-12(2)10-13(9-11)15(3)7-5-4-6-14/h8-10H,4-7H2,1-3H3. The van der Waals surface area contributed by atoms with E-state index in [4.69, 9.17) is 11.6 Å². The second-order valence-corrected chi connectivity index (χ2v) is 4.54. The van der Waals surface area contributed by atoms with E-state index in [0.29, 0.717) is 0 Å². The molecule has 84 valence electrons. The van der Waals surface area contributed by atoms with Gasteiger partial charge in [0.05, 0.1) is 0 Å². The number of hydrogen-bond acceptors (Lipinski definition) is 1. The van der Waals surface area contributed by atoms with Crippen LogP contribution < -0.4 is 4.90 Å². The van der Waals surface area contributed by atoms with Crippen molar-refractivity contribution in [1.29, 1.82) is 0 Å². The SMILES string of the molecule is Cc1cc(C)cc(N(C)CCCCCl)c1. The van der Waals surface area contributed by atoms with E-state index in [1.807, 2.05) is 0 Å². The van der Waals surface area contributed by atoms with Gasteiger partial charge < -0.3 is 4.90 Å². The van der Waals surface area contributed by atoms with Gasteiger partial charge in [-0.1, -0.05) is 6.07 Å². The molecule has 0 aliphatic carbocycles. The maximum atomic E-state index is 5.66. The molecule has 1 aromatic rings. The van der Waals surface area contributed by atoms with Gasteiger partial charge in [-0.3, -0.25) is 0 Å². The van der Waals surface area contributed by atoms with Gasteiger partial charge in [0, 0.05) is 25.2 Å². The van der Waals surface area contributed by atoms with Crippen LogP contribution in [0.4, 0.5) is 5.69 Å². The van der Waals surface area contributed by atoms with Crippen LogP contribution >= 0.6 is 11.6 Å². The van der Waals surface area contributed by atoms with Crippen molar-refractivity contribution < 1.29 is 0 Å². The third-order valence-electron chi connectivity index (χ3n) is 2.52. The van der Waals surface area contributed by atoms with Crippen molar-refractivity contribution in [1.82, 2.24) is 0 Å². The van der Waals surface area contributed by atoms with Crippen LogP contribution in [0.15, 0.2) is 18.2 Å². The summed E-state index contributed by atoms with van der Waals surface area (Å²) in [7, 11) is 2.14. The lowest BCUT2D eigenvalue weighted by Gasteiger charge is -2.20. The lowest BCUT2D eigenvalue weighted by atomic mass is 10.1. The topological polar surface area (TPSA) is 3.24 Å². The van der Waals surface area contributed by atoms with Gasteiger partial charge in [-0.25, -0.2) is 0 Å². The van der Waals surface area contributed by atoms with Crippen molar-refractivity contribution in [2.24, 2.45) is 0 Å². The highest BCUT2D eigenvalue weighted by atomic mass is 35.5. The Morgan fingerprint density at radius 2 is 1.67 bits per heavy atom. The molecule has 0 N–H and O–H groups in total. The number of alkyl halides is 1. The first-order chi connectivity index (χ1) is 7.13. The maximum Gasteiger partial charge on any atom is 0.0368 e. The summed E-state index contributed by atoms with van der Waals surface area (Å²) in [6.45, 7) is 5.36. The molecule has 0 heterocycles. The smallest absolute Gasteiger partial charge is 0.0368 e. The van der Waals surface area contributed by atoms with Crippen molar-refractivity contribution in [2.75, 3.05) is 24.4 Å². The summed E-state index contributed by atoms with van der Waals surface area (Å²) < 4.78 is 0. The Kier molecular flexibility index (Phi) is 4.97. The molecule has 0 unspecified atom stereocenters. The van der Waals surface area contributed by atoms with E-state index >= 15 is 0 Å². The van der Waals surface area contributed by atoms with Gasteiger partial charge in [0.25, 0.3) is 0 Å². The van der Waals surface area contributed by atoms with Crippen LogP contribution in [0.5, 0.6) is 0 Å². The molecule has 0 aliphatic rings. The Labute approximate surface area is 98.0 Å². The highest BCUT2D eigenvalue weighted by Crippen LogP contribution is 2.17. The quantitative estimate of drug-likeness (QED) is 0.545. The molecule has 0 aromatic heterocycles. The first-order valence-corrected chi connectivity index (χ1v) is 6.02. The molecule has 0 saturated carbocycles. The Hall–Kier alpha value is -0.690. The van der Waals surface area contributed by atoms with Gasteiger partial charge in [0.15, 0.2) is 0 Å². The van der Waals surface area contributed by atoms with E-state index in [9.17, 15) is 0 Å². The van der Waals surface area contributed by atoms with E-state index in [2.05, 4.69) is 44.0 Å². The molecule has 0 aliphatic heterocycles. The fourth-order valence-electron chi connectivity index (χ4n) is 1.74. The summed E-state index contributed by atoms with van der Waals surface area (Å²) in [5.41, 5.74) is 3.96. The zero-order chi connectivity index (χ0) is 11.3. The van der Waals surface area contributed by atoms with E-state index in [0.717, 1.165) is 25.3 Å². The summed E-state index contributed by atoms with van der Waals surface area (Å²) in [4.78, 5) is 2.30. The van der Waals surface area contributed by atoms with Crippen LogP contribution in [-0.4, -0.2) is 19.5 Å². The third kappa shape index (κ3) is 4.13. The lowest BCUT2D eigenvalue weighted by Crippen LogP contribution is -2.18. The highest BCUT2D eigenvalue weighted by molar-refractivity contribution is 6.17. The highest BCUT2D eigenvalue weighted by Gasteiger charge is 2.01. The van der Waals surface area contributed by atoms with Gasteiger partial charge in [0.1, 0.15) is 0 Å². The normalized spacial score (nSPS) is 10.4. The average Bonchev–Trinajstić information content (AvgIpc) is 2.16. The molecule has 0 saturated heterocycles. The summed E-state index contributed by atoms with van der Waals surface area (Å²) in [6.07, 6.45) is 2.25. The van der Waals surface area contributed by atoms with Crippen molar-refractivity contribution in [3.63, 3.8) is 0 Å². The molecular weight excluding hydrogens is 206 g/mol. The summed E-state index contributed by atoms with van der Waals surface area (Å²) >= 11 is 5.66. The monoisotopic (exact) mass is 225 g/mol. The number of benzene rings is 1. The van der Waals surface area contributed by atoms with E-state index in [1.54, 1.807) is 0 Å². The summed E-state index contributed by atoms with van der Waals surface area (Å²) in [5, 5.41) is 0. The van der Waals surface area contributed by atoms with Gasteiger partial charge in [-0.05, 0) is 49.9 Å². The molecule has 0 radical (unpaired) electrons. The molecule has 1 nitrogen and oxygen atoms in total. The Bertz CT molecular complexity index is 289. The Morgan fingerprint density at radius 1 is 1.07 bits per heavy atom. The largest absolute Gasteiger partial charge is 0.375 e. The van der Waals surface area contributed by atoms with Crippen molar-refractivity contribution in [2.45, 2.75) is 26.7 Å². The second kappa shape index (κ2) is 6.02. The minimum atomic E-state index is 0.765. The number of hydrogen-bond donors (Lipinski definition) is 0. The minimum absolute atomic E-state index is 0.765. The van der Waals surface area contributed by atoms with Crippen LogP contribution in [0.3, 0.4) is 0 Å². The number of aryl methyl sites for hydroxylation is 2. The Morgan fingerprint density at radius 3 is 2.20 bits per heavy atom. The number of anilines is 1. The second-order valence-electron chi connectivity index (χ2n) is 4.16. The number of halogens is 1. The Balaban J connectivity index is 2.60. The molecular formula is C13H20ClN. The van der Waals surface area contributed by atoms with Gasteiger partial charge in [-0.2, -0.15) is 0 Å². The summed E-state index contributed by atoms with van der Waals surface area (Å²) in [6, 6.07) is 6.66. The molecule has 1 rings (SSSR count). The van der Waals surface area contributed by atoms with Crippen LogP contribution in [0, 0.1) is 13.8 Å². The van der Waals surface area contributed by atoms with Crippen molar-refractivity contribution in [3.8, 4) is 0 Å². The molecule has 0 atom stereocenters. The fourth-order valence-corrected chi connectivity index (χ4v) is 1.93. The predicted octanol–water partition coefficient (Wildman–Crippen LogP) is 3.76. The third-order valence-corrected chi connectivity index (χ3v) is 2.79. The fraction of sp³-hybridized carbons (Fsp3) is 0.538. The average molecular weight is 226 g/mol. The van der Waals surface area contributed by atoms with Crippen LogP contribution in [0.25, 0.3) is 0 Å². The van der Waals surface area contributed by atoms with E-state index < -0.39 is 0 Å². The van der Waals surface area contributed by atoms with Gasteiger partial charge in [0.2, 0.25) is 0 Å². The number of nitrogens with zero attached hydrogens (tertiary/aromatic N) is 1. The van der Waals surface area contributed by atoms with Crippen molar-refractivity contribution >= 4 is 17.3 Å². The molecule has 0 spiro atoms. The molecule has 15 heavy (non-hydrogen) atoms. The van der Waals surface area contributed by atoms with Crippen molar-refractivity contribution in [3.05, 3.63) is 29.3 Å². The van der Waals surface area contributed by atoms with Crippen LogP contribution in [0.2, 0.25) is 0 Å². The predicted molar refractivity (Wildman–Crippen MR) is 69.1 cm³/mol. The molecule has 2 heteroatoms. The minimum Gasteiger partial charge on any atom is -0.375 e. The number of unbranched alkanes of at least 4 members (excludes halogenated alkanes) is 1. The van der Waals surface area contributed by atoms with Crippen LogP contribution in [0.1, 0.15) is 24.0 Å². The van der Waals surface area contributed by atoms with E-state index in [-0.39, 0.29) is 0 Å². The molecule has 0 bridgehead atoms. The number of rotatable bonds is 5. The van der Waals surface area contributed by atoms with Gasteiger partial charge >= 0.3 is 0 Å². The molecule has 0 amide bonds. The van der Waals surface area contributed by atoms with Gasteiger partial charge in [-0.15, -0.1) is 11.6 Å².